The van der Waals surface area contributed by atoms with Gasteiger partial charge in [0.15, 0.2) is 0 Å². The van der Waals surface area contributed by atoms with Crippen molar-refractivity contribution in [1.82, 2.24) is 15.6 Å². The molecule has 0 aliphatic carbocycles. The molecular weight excluding hydrogens is 632 g/mol. The van der Waals surface area contributed by atoms with Crippen LogP contribution >= 0.6 is 0 Å². The standard InChI is InChI=1S/C31H36N6O9S/c1-17(2)15-24(29(39)34-13-14-46-47(4,43)44)36-28(38)19-7-10-21(23(16-19)31(41)42)22-11-12-25(45-3)37-26(22)30(40)35-20-8-5-18(6-9-20)27(32)33/h5-12,16-17,24H,13-15H2,1-4H3,(H3,32,33)(H,34,39)(H,35,40)(H,36,38)(H,41,42)/t24-/m0/s1. The average Bonchev–Trinajstić information content (AvgIpc) is 3.01. The number of nitrogen functional groups attached to an aromatic ring is 1. The molecule has 3 rings (SSSR count). The van der Waals surface area contributed by atoms with Gasteiger partial charge < -0.3 is 31.5 Å². The van der Waals surface area contributed by atoms with E-state index in [1.54, 1.807) is 24.3 Å². The lowest BCUT2D eigenvalue weighted by atomic mass is 9.95. The zero-order valence-corrected chi connectivity index (χ0v) is 26.9. The van der Waals surface area contributed by atoms with Crippen molar-refractivity contribution in [3.05, 3.63) is 77.0 Å². The number of amidine groups is 1. The maximum atomic E-state index is 13.4. The molecule has 0 spiro atoms. The smallest absolute Gasteiger partial charge is 0.336 e. The molecule has 0 bridgehead atoms. The number of carboxylic acids is 1. The highest BCUT2D eigenvalue weighted by atomic mass is 32.2. The number of methoxy groups -OCH3 is 1. The number of nitrogens with one attached hydrogen (secondary N) is 4. The minimum atomic E-state index is -3.69. The fourth-order valence-electron chi connectivity index (χ4n) is 4.40. The van der Waals surface area contributed by atoms with Crippen molar-refractivity contribution in [2.45, 2.75) is 26.3 Å². The van der Waals surface area contributed by atoms with E-state index in [1.165, 1.54) is 31.4 Å². The molecule has 0 saturated carbocycles. The van der Waals surface area contributed by atoms with Crippen LogP contribution in [0.2, 0.25) is 0 Å². The molecular formula is C31H36N6O9S. The third-order valence-corrected chi connectivity index (χ3v) is 7.17. The monoisotopic (exact) mass is 668 g/mol. The van der Waals surface area contributed by atoms with Gasteiger partial charge in [-0.15, -0.1) is 0 Å². The van der Waals surface area contributed by atoms with E-state index in [1.807, 2.05) is 13.8 Å². The Morgan fingerprint density at radius 1 is 0.979 bits per heavy atom. The summed E-state index contributed by atoms with van der Waals surface area (Å²) in [6.07, 6.45) is 1.12. The number of aromatic nitrogens is 1. The molecule has 0 aliphatic rings. The molecule has 250 valence electrons. The van der Waals surface area contributed by atoms with Gasteiger partial charge in [-0.25, -0.2) is 9.78 Å². The minimum Gasteiger partial charge on any atom is -0.481 e. The normalized spacial score (nSPS) is 11.8. The van der Waals surface area contributed by atoms with Crippen molar-refractivity contribution in [2.75, 3.05) is 31.8 Å². The van der Waals surface area contributed by atoms with E-state index in [9.17, 15) is 32.7 Å². The first kappa shape index (κ1) is 36.1. The second-order valence-electron chi connectivity index (χ2n) is 10.7. The number of carboxylic acid groups (broad SMARTS) is 1. The van der Waals surface area contributed by atoms with E-state index in [-0.39, 0.29) is 65.2 Å². The number of amides is 3. The van der Waals surface area contributed by atoms with E-state index in [2.05, 4.69) is 25.1 Å². The fourth-order valence-corrected chi connectivity index (χ4v) is 4.79. The van der Waals surface area contributed by atoms with Crippen molar-refractivity contribution in [3.8, 4) is 17.0 Å². The van der Waals surface area contributed by atoms with Crippen molar-refractivity contribution in [1.29, 1.82) is 5.41 Å². The molecule has 16 heteroatoms. The number of aromatic carboxylic acids is 1. The summed E-state index contributed by atoms with van der Waals surface area (Å²) in [5, 5.41) is 25.5. The van der Waals surface area contributed by atoms with Crippen LogP contribution in [0, 0.1) is 11.3 Å². The summed E-state index contributed by atoms with van der Waals surface area (Å²) in [5.41, 5.74) is 6.00. The summed E-state index contributed by atoms with van der Waals surface area (Å²) >= 11 is 0. The Morgan fingerprint density at radius 3 is 2.19 bits per heavy atom. The van der Waals surface area contributed by atoms with Gasteiger partial charge >= 0.3 is 5.97 Å². The average molecular weight is 669 g/mol. The van der Waals surface area contributed by atoms with Gasteiger partial charge in [-0.3, -0.25) is 24.0 Å². The van der Waals surface area contributed by atoms with Crippen molar-refractivity contribution >= 4 is 45.3 Å². The molecule has 3 aromatic rings. The van der Waals surface area contributed by atoms with E-state index in [4.69, 9.17) is 15.9 Å². The van der Waals surface area contributed by atoms with Crippen LogP contribution in [-0.2, 0) is 19.1 Å². The second-order valence-corrected chi connectivity index (χ2v) is 12.4. The van der Waals surface area contributed by atoms with Crippen molar-refractivity contribution < 1.29 is 41.6 Å². The Morgan fingerprint density at radius 2 is 1.62 bits per heavy atom. The van der Waals surface area contributed by atoms with Gasteiger partial charge in [-0.05, 0) is 60.4 Å². The van der Waals surface area contributed by atoms with Crippen molar-refractivity contribution in [3.63, 3.8) is 0 Å². The Balaban J connectivity index is 1.91. The van der Waals surface area contributed by atoms with E-state index in [0.29, 0.717) is 11.3 Å². The summed E-state index contributed by atoms with van der Waals surface area (Å²) < 4.78 is 32.1. The quantitative estimate of drug-likeness (QED) is 0.0594. The molecule has 1 heterocycles. The number of hydrogen-bond acceptors (Lipinski definition) is 10. The molecule has 0 aliphatic heterocycles. The number of hydrogen-bond donors (Lipinski definition) is 6. The minimum absolute atomic E-state index is 0.0190. The van der Waals surface area contributed by atoms with Gasteiger partial charge in [0.05, 0.1) is 25.5 Å². The summed E-state index contributed by atoms with van der Waals surface area (Å²) in [5.74, 6) is -3.45. The molecule has 7 N–H and O–H groups in total. The molecule has 0 radical (unpaired) electrons. The number of anilines is 1. The number of nitrogens with two attached hydrogens (primary N) is 1. The number of carbonyl (C=O) groups excluding carboxylic acids is 3. The highest BCUT2D eigenvalue weighted by Crippen LogP contribution is 2.30. The lowest BCUT2D eigenvalue weighted by molar-refractivity contribution is -0.123. The molecule has 3 amide bonds. The molecule has 1 aromatic heterocycles. The third-order valence-electron chi connectivity index (χ3n) is 6.58. The summed E-state index contributed by atoms with van der Waals surface area (Å²) in [4.78, 5) is 56.1. The summed E-state index contributed by atoms with van der Waals surface area (Å²) in [7, 11) is -2.33. The van der Waals surface area contributed by atoms with Gasteiger partial charge in [-0.2, -0.15) is 8.42 Å². The van der Waals surface area contributed by atoms with Crippen LogP contribution in [-0.4, -0.2) is 80.6 Å². The van der Waals surface area contributed by atoms with Crippen LogP contribution in [0.15, 0.2) is 54.6 Å². The predicted octanol–water partition coefficient (Wildman–Crippen LogP) is 2.23. The second kappa shape index (κ2) is 15.8. The molecule has 15 nitrogen and oxygen atoms in total. The third kappa shape index (κ3) is 10.3. The van der Waals surface area contributed by atoms with Crippen LogP contribution in [0.4, 0.5) is 5.69 Å². The van der Waals surface area contributed by atoms with Crippen LogP contribution in [0.25, 0.3) is 11.1 Å². The Hall–Kier alpha value is -5.35. The lowest BCUT2D eigenvalue weighted by Gasteiger charge is -2.20. The van der Waals surface area contributed by atoms with Crippen LogP contribution < -0.4 is 26.4 Å². The summed E-state index contributed by atoms with van der Waals surface area (Å²) in [6.45, 7) is 3.27. The number of benzene rings is 2. The maximum Gasteiger partial charge on any atom is 0.336 e. The number of rotatable bonds is 15. The number of ether oxygens (including phenoxy) is 1. The Kier molecular flexibility index (Phi) is 12.1. The van der Waals surface area contributed by atoms with E-state index >= 15 is 0 Å². The number of nitrogens with zero attached hydrogens (tertiary/aromatic N) is 1. The highest BCUT2D eigenvalue weighted by molar-refractivity contribution is 7.85. The SMILES string of the molecule is COc1ccc(-c2ccc(C(=O)N[C@@H](CC(C)C)C(=O)NCCOS(C)(=O)=O)cc2C(=O)O)c(C(=O)Nc2ccc(C(=N)N)cc2)n1. The Labute approximate surface area is 271 Å². The van der Waals surface area contributed by atoms with Crippen molar-refractivity contribution in [2.24, 2.45) is 11.7 Å². The van der Waals surface area contributed by atoms with Gasteiger partial charge in [-0.1, -0.05) is 19.9 Å². The zero-order chi connectivity index (χ0) is 34.9. The first-order chi connectivity index (χ1) is 22.1. The van der Waals surface area contributed by atoms with E-state index in [0.717, 1.165) is 12.3 Å². The summed E-state index contributed by atoms with van der Waals surface area (Å²) in [6, 6.07) is 11.9. The largest absolute Gasteiger partial charge is 0.481 e. The van der Waals surface area contributed by atoms with E-state index < -0.39 is 39.9 Å². The Bertz CT molecular complexity index is 1780. The fraction of sp³-hybridized carbons (Fsp3) is 0.290. The van der Waals surface area contributed by atoms with Crippen LogP contribution in [0.3, 0.4) is 0 Å². The maximum absolute atomic E-state index is 13.4. The molecule has 0 fully saturated rings. The van der Waals surface area contributed by atoms with Gasteiger partial charge in [0.1, 0.15) is 17.6 Å². The number of carbonyl (C=O) groups is 4. The lowest BCUT2D eigenvalue weighted by Crippen LogP contribution is -2.48. The predicted molar refractivity (Wildman–Crippen MR) is 173 cm³/mol. The molecule has 0 saturated heterocycles. The topological polar surface area (TPSA) is 240 Å². The molecule has 47 heavy (non-hydrogen) atoms. The molecule has 1 atom stereocenters. The van der Waals surface area contributed by atoms with Crippen LogP contribution in [0.1, 0.15) is 57.0 Å². The van der Waals surface area contributed by atoms with Crippen LogP contribution in [0.5, 0.6) is 5.88 Å². The number of pyridine rings is 1. The first-order valence-electron chi connectivity index (χ1n) is 14.2. The van der Waals surface area contributed by atoms with Gasteiger partial charge in [0, 0.05) is 35.0 Å². The molecule has 2 aromatic carbocycles. The first-order valence-corrected chi connectivity index (χ1v) is 16.0. The highest BCUT2D eigenvalue weighted by Gasteiger charge is 2.25. The zero-order valence-electron chi connectivity index (χ0n) is 26.1. The van der Waals surface area contributed by atoms with Gasteiger partial charge in [0.2, 0.25) is 11.8 Å². The van der Waals surface area contributed by atoms with Gasteiger partial charge in [0.25, 0.3) is 21.9 Å². The molecule has 0 unspecified atom stereocenters.